The molecule has 1 N–H and O–H groups in total. The SMILES string of the molecule is COCC(C)n1c(C)cc(/C=C(\C#N)C(=O)Nc2nc(CN3CCCCC3)cs2)c1C. The van der Waals surface area contributed by atoms with Crippen LogP contribution in [0, 0.1) is 25.2 Å². The highest BCUT2D eigenvalue weighted by atomic mass is 32.1. The monoisotopic (exact) mass is 441 g/mol. The predicted octanol–water partition coefficient (Wildman–Crippen LogP) is 4.30. The second-order valence-corrected chi connectivity index (χ2v) is 8.96. The van der Waals surface area contributed by atoms with Gasteiger partial charge < -0.3 is 9.30 Å². The van der Waals surface area contributed by atoms with Gasteiger partial charge in [-0.2, -0.15) is 5.26 Å². The molecule has 0 bridgehead atoms. The minimum atomic E-state index is -0.434. The van der Waals surface area contributed by atoms with Gasteiger partial charge in [-0.15, -0.1) is 11.3 Å². The van der Waals surface area contributed by atoms with E-state index >= 15 is 0 Å². The molecule has 1 saturated heterocycles. The van der Waals surface area contributed by atoms with Gasteiger partial charge in [0, 0.05) is 30.4 Å². The van der Waals surface area contributed by atoms with Crippen LogP contribution in [0.2, 0.25) is 0 Å². The number of hydrogen-bond acceptors (Lipinski definition) is 6. The molecule has 31 heavy (non-hydrogen) atoms. The number of hydrogen-bond donors (Lipinski definition) is 1. The summed E-state index contributed by atoms with van der Waals surface area (Å²) in [5.74, 6) is -0.434. The zero-order chi connectivity index (χ0) is 22.4. The number of aryl methyl sites for hydroxylation is 1. The van der Waals surface area contributed by atoms with E-state index in [4.69, 9.17) is 4.74 Å². The van der Waals surface area contributed by atoms with Crippen LogP contribution in [0.3, 0.4) is 0 Å². The molecule has 3 rings (SSSR count). The molecule has 2 aromatic rings. The van der Waals surface area contributed by atoms with Gasteiger partial charge in [-0.25, -0.2) is 4.98 Å². The lowest BCUT2D eigenvalue weighted by molar-refractivity contribution is -0.112. The highest BCUT2D eigenvalue weighted by Gasteiger charge is 2.17. The van der Waals surface area contributed by atoms with Crippen LogP contribution in [0.4, 0.5) is 5.13 Å². The van der Waals surface area contributed by atoms with Crippen LogP contribution in [0.1, 0.15) is 54.9 Å². The van der Waals surface area contributed by atoms with E-state index in [-0.39, 0.29) is 11.6 Å². The van der Waals surface area contributed by atoms with Crippen molar-refractivity contribution in [2.24, 2.45) is 0 Å². The normalized spacial score (nSPS) is 16.2. The molecule has 8 heteroatoms. The van der Waals surface area contributed by atoms with E-state index in [9.17, 15) is 10.1 Å². The van der Waals surface area contributed by atoms with Crippen molar-refractivity contribution in [1.82, 2.24) is 14.5 Å². The number of likely N-dealkylation sites (tertiary alicyclic amines) is 1. The van der Waals surface area contributed by atoms with E-state index < -0.39 is 5.91 Å². The molecule has 1 aliphatic rings. The lowest BCUT2D eigenvalue weighted by atomic mass is 10.1. The fourth-order valence-electron chi connectivity index (χ4n) is 4.19. The Labute approximate surface area is 188 Å². The Morgan fingerprint density at radius 3 is 2.81 bits per heavy atom. The summed E-state index contributed by atoms with van der Waals surface area (Å²) in [7, 11) is 1.68. The first-order chi connectivity index (χ1) is 14.9. The number of nitrogens with zero attached hydrogens (tertiary/aromatic N) is 4. The van der Waals surface area contributed by atoms with Crippen molar-refractivity contribution in [3.8, 4) is 6.07 Å². The van der Waals surface area contributed by atoms with Crippen molar-refractivity contribution < 1.29 is 9.53 Å². The van der Waals surface area contributed by atoms with E-state index in [1.807, 2.05) is 31.4 Å². The molecule has 166 valence electrons. The van der Waals surface area contributed by atoms with Gasteiger partial charge in [0.15, 0.2) is 5.13 Å². The maximum absolute atomic E-state index is 12.7. The minimum Gasteiger partial charge on any atom is -0.383 e. The second kappa shape index (κ2) is 10.7. The smallest absolute Gasteiger partial charge is 0.268 e. The third-order valence-corrected chi connectivity index (χ3v) is 6.45. The summed E-state index contributed by atoms with van der Waals surface area (Å²) in [4.78, 5) is 19.6. The fourth-order valence-corrected chi connectivity index (χ4v) is 4.89. The number of rotatable bonds is 8. The molecule has 1 fully saturated rings. The number of nitriles is 1. The molecule has 1 atom stereocenters. The molecule has 0 spiro atoms. The number of nitrogens with one attached hydrogen (secondary N) is 1. The van der Waals surface area contributed by atoms with Gasteiger partial charge in [0.2, 0.25) is 0 Å². The van der Waals surface area contributed by atoms with Crippen LogP contribution in [0.5, 0.6) is 0 Å². The van der Waals surface area contributed by atoms with E-state index in [2.05, 4.69) is 26.7 Å². The van der Waals surface area contributed by atoms with E-state index in [1.54, 1.807) is 13.2 Å². The quantitative estimate of drug-likeness (QED) is 0.488. The number of aromatic nitrogens is 2. The van der Waals surface area contributed by atoms with E-state index in [1.165, 1.54) is 30.6 Å². The van der Waals surface area contributed by atoms with Crippen LogP contribution >= 0.6 is 11.3 Å². The highest BCUT2D eigenvalue weighted by Crippen LogP contribution is 2.24. The van der Waals surface area contributed by atoms with Gasteiger partial charge in [-0.05, 0) is 64.4 Å². The number of piperidine rings is 1. The molecule has 3 heterocycles. The maximum Gasteiger partial charge on any atom is 0.268 e. The summed E-state index contributed by atoms with van der Waals surface area (Å²) in [6.45, 7) is 9.68. The molecule has 0 radical (unpaired) electrons. The largest absolute Gasteiger partial charge is 0.383 e. The van der Waals surface area contributed by atoms with Crippen molar-refractivity contribution >= 4 is 28.5 Å². The van der Waals surface area contributed by atoms with Gasteiger partial charge in [0.1, 0.15) is 11.6 Å². The topological polar surface area (TPSA) is 83.2 Å². The Kier molecular flexibility index (Phi) is 8.02. The molecule has 0 aliphatic carbocycles. The zero-order valence-electron chi connectivity index (χ0n) is 18.8. The van der Waals surface area contributed by atoms with Crippen LogP contribution < -0.4 is 5.32 Å². The average molecular weight is 442 g/mol. The third kappa shape index (κ3) is 5.82. The van der Waals surface area contributed by atoms with Crippen molar-refractivity contribution in [3.05, 3.63) is 39.7 Å². The molecule has 2 aromatic heterocycles. The first kappa shape index (κ1) is 23.2. The number of amides is 1. The summed E-state index contributed by atoms with van der Waals surface area (Å²) in [5, 5.41) is 14.9. The molecule has 7 nitrogen and oxygen atoms in total. The number of methoxy groups -OCH3 is 1. The Morgan fingerprint density at radius 1 is 1.39 bits per heavy atom. The Morgan fingerprint density at radius 2 is 2.13 bits per heavy atom. The summed E-state index contributed by atoms with van der Waals surface area (Å²) < 4.78 is 7.44. The van der Waals surface area contributed by atoms with Crippen molar-refractivity contribution in [2.75, 3.05) is 32.1 Å². The molecular weight excluding hydrogens is 410 g/mol. The Bertz CT molecular complexity index is 979. The van der Waals surface area contributed by atoms with Gasteiger partial charge >= 0.3 is 0 Å². The lowest BCUT2D eigenvalue weighted by Gasteiger charge is -2.25. The number of anilines is 1. The summed E-state index contributed by atoms with van der Waals surface area (Å²) in [6, 6.07) is 4.20. The number of carbonyl (C=O) groups is 1. The Hall–Kier alpha value is -2.47. The average Bonchev–Trinajstić information content (AvgIpc) is 3.29. The van der Waals surface area contributed by atoms with Crippen LogP contribution in [-0.4, -0.2) is 47.2 Å². The van der Waals surface area contributed by atoms with Crippen LogP contribution in [0.25, 0.3) is 6.08 Å². The summed E-state index contributed by atoms with van der Waals surface area (Å²) >= 11 is 1.40. The van der Waals surface area contributed by atoms with Gasteiger partial charge in [-0.3, -0.25) is 15.0 Å². The molecular formula is C23H31N5O2S. The van der Waals surface area contributed by atoms with Crippen molar-refractivity contribution in [3.63, 3.8) is 0 Å². The summed E-state index contributed by atoms with van der Waals surface area (Å²) in [6.07, 6.45) is 5.41. The minimum absolute atomic E-state index is 0.0624. The predicted molar refractivity (Wildman–Crippen MR) is 124 cm³/mol. The lowest BCUT2D eigenvalue weighted by Crippen LogP contribution is -2.29. The van der Waals surface area contributed by atoms with Crippen LogP contribution in [0.15, 0.2) is 17.0 Å². The Balaban J connectivity index is 1.70. The molecule has 1 unspecified atom stereocenters. The number of ether oxygens (including phenoxy) is 1. The second-order valence-electron chi connectivity index (χ2n) is 8.11. The number of carbonyl (C=O) groups excluding carboxylic acids is 1. The highest BCUT2D eigenvalue weighted by molar-refractivity contribution is 7.14. The first-order valence-electron chi connectivity index (χ1n) is 10.7. The first-order valence-corrected chi connectivity index (χ1v) is 11.6. The molecule has 1 amide bonds. The van der Waals surface area contributed by atoms with Gasteiger partial charge in [-0.1, -0.05) is 6.42 Å². The summed E-state index contributed by atoms with van der Waals surface area (Å²) in [5.41, 5.74) is 3.94. The van der Waals surface area contributed by atoms with Gasteiger partial charge in [0.05, 0.1) is 18.3 Å². The molecule has 1 aliphatic heterocycles. The standard InChI is InChI=1S/C23H31N5O2S/c1-16-10-19(18(3)28(16)17(2)14-30-4)11-20(12-24)22(29)26-23-25-21(15-31-23)13-27-8-6-5-7-9-27/h10-11,15,17H,5-9,13-14H2,1-4H3,(H,25,26,29)/b20-11+. The number of thiazole rings is 1. The van der Waals surface area contributed by atoms with E-state index in [0.717, 1.165) is 42.3 Å². The van der Waals surface area contributed by atoms with Gasteiger partial charge in [0.25, 0.3) is 5.91 Å². The zero-order valence-corrected chi connectivity index (χ0v) is 19.6. The fraction of sp³-hybridized carbons (Fsp3) is 0.522. The maximum atomic E-state index is 12.7. The third-order valence-electron chi connectivity index (χ3n) is 5.64. The molecule has 0 saturated carbocycles. The van der Waals surface area contributed by atoms with E-state index in [0.29, 0.717) is 11.7 Å². The van der Waals surface area contributed by atoms with Crippen molar-refractivity contribution in [1.29, 1.82) is 5.26 Å². The van der Waals surface area contributed by atoms with Crippen molar-refractivity contribution in [2.45, 2.75) is 52.6 Å². The molecule has 0 aromatic carbocycles. The van der Waals surface area contributed by atoms with Crippen LogP contribution in [-0.2, 0) is 16.1 Å².